The van der Waals surface area contributed by atoms with Crippen LogP contribution in [0.2, 0.25) is 0 Å². The topological polar surface area (TPSA) is 93.2 Å². The second-order valence-corrected chi connectivity index (χ2v) is 12.7. The van der Waals surface area contributed by atoms with Crippen molar-refractivity contribution in [1.29, 1.82) is 0 Å². The smallest absolute Gasteiger partial charge is 0.424 e. The quantitative estimate of drug-likeness (QED) is 0.107. The Kier molecular flexibility index (Phi) is 7.54. The van der Waals surface area contributed by atoms with Crippen LogP contribution in [0.5, 0.6) is 0 Å². The van der Waals surface area contributed by atoms with Gasteiger partial charge in [0.15, 0.2) is 0 Å². The molecule has 8 heteroatoms. The van der Waals surface area contributed by atoms with Gasteiger partial charge in [0, 0.05) is 27.9 Å². The highest BCUT2D eigenvalue weighted by molar-refractivity contribution is 6.39. The summed E-state index contributed by atoms with van der Waals surface area (Å²) in [6.45, 7) is 7.38. The number of carbonyl (C=O) groups excluding carboxylic acids is 4. The van der Waals surface area contributed by atoms with Crippen molar-refractivity contribution in [3.8, 4) is 0 Å². The highest BCUT2D eigenvalue weighted by atomic mass is 16.6. The van der Waals surface area contributed by atoms with Crippen LogP contribution in [-0.2, 0) is 9.47 Å². The third kappa shape index (κ3) is 4.57. The Labute approximate surface area is 267 Å². The largest absolute Gasteiger partial charge is 0.446 e. The monoisotopic (exact) mass is 618 g/mol. The minimum Gasteiger partial charge on any atom is -0.446 e. The summed E-state index contributed by atoms with van der Waals surface area (Å²) >= 11 is 0. The molecule has 0 N–H and O–H groups in total. The van der Waals surface area contributed by atoms with Gasteiger partial charge >= 0.3 is 12.2 Å². The van der Waals surface area contributed by atoms with E-state index in [9.17, 15) is 19.2 Å². The van der Waals surface area contributed by atoms with E-state index in [0.29, 0.717) is 40.4 Å². The summed E-state index contributed by atoms with van der Waals surface area (Å²) in [6, 6.07) is 17.0. The van der Waals surface area contributed by atoms with Gasteiger partial charge in [0.2, 0.25) is 0 Å². The van der Waals surface area contributed by atoms with Crippen molar-refractivity contribution < 1.29 is 28.7 Å². The highest BCUT2D eigenvalue weighted by Crippen LogP contribution is 2.46. The first-order valence-corrected chi connectivity index (χ1v) is 16.5. The van der Waals surface area contributed by atoms with Gasteiger partial charge in [-0.15, -0.1) is 0 Å². The van der Waals surface area contributed by atoms with Gasteiger partial charge in [-0.05, 0) is 90.0 Å². The molecular formula is C38H38N2O6. The van der Waals surface area contributed by atoms with Crippen LogP contribution in [0.25, 0.3) is 43.1 Å². The number of benzene rings is 5. The molecule has 1 aliphatic heterocycles. The van der Waals surface area contributed by atoms with Crippen LogP contribution in [0.4, 0.5) is 15.3 Å². The Bertz CT molecular complexity index is 1950. The molecule has 46 heavy (non-hydrogen) atoms. The van der Waals surface area contributed by atoms with Crippen LogP contribution in [0.3, 0.4) is 0 Å². The van der Waals surface area contributed by atoms with E-state index in [2.05, 4.69) is 0 Å². The number of rotatable bonds is 6. The molecule has 0 bridgehead atoms. The van der Waals surface area contributed by atoms with E-state index in [-0.39, 0.29) is 17.9 Å². The molecule has 236 valence electrons. The number of amides is 4. The molecule has 5 aromatic rings. The van der Waals surface area contributed by atoms with Crippen LogP contribution in [0.15, 0.2) is 54.6 Å². The number of hydrogen-bond donors (Lipinski definition) is 0. The zero-order chi connectivity index (χ0) is 32.3. The maximum absolute atomic E-state index is 13.9. The lowest BCUT2D eigenvalue weighted by molar-refractivity contribution is 0.0502. The van der Waals surface area contributed by atoms with Gasteiger partial charge in [-0.2, -0.15) is 4.90 Å². The number of carbonyl (C=O) groups is 4. The van der Waals surface area contributed by atoms with Crippen molar-refractivity contribution in [2.75, 3.05) is 4.90 Å². The molecule has 0 radical (unpaired) electrons. The Morgan fingerprint density at radius 3 is 1.76 bits per heavy atom. The molecule has 2 atom stereocenters. The summed E-state index contributed by atoms with van der Waals surface area (Å²) in [4.78, 5) is 57.4. The maximum atomic E-state index is 13.9. The first kappa shape index (κ1) is 30.0. The Hall–Kier alpha value is -4.72. The van der Waals surface area contributed by atoms with Gasteiger partial charge < -0.3 is 9.47 Å². The molecule has 1 saturated carbocycles. The molecule has 1 fully saturated rings. The molecule has 4 amide bonds. The van der Waals surface area contributed by atoms with E-state index in [4.69, 9.17) is 9.47 Å². The average Bonchev–Trinajstić information content (AvgIpc) is 3.07. The molecule has 2 unspecified atom stereocenters. The first-order chi connectivity index (χ1) is 22.2. The number of fused-ring (bicyclic) bond motifs is 2. The lowest BCUT2D eigenvalue weighted by Gasteiger charge is -2.36. The molecule has 0 saturated heterocycles. The van der Waals surface area contributed by atoms with Crippen LogP contribution in [-0.4, -0.2) is 47.2 Å². The zero-order valence-electron chi connectivity index (χ0n) is 26.7. The minimum atomic E-state index is -0.794. The molecule has 0 aromatic heterocycles. The van der Waals surface area contributed by atoms with Crippen molar-refractivity contribution in [2.45, 2.75) is 90.9 Å². The van der Waals surface area contributed by atoms with Crippen molar-refractivity contribution in [2.24, 2.45) is 0 Å². The molecule has 8 nitrogen and oxygen atoms in total. The second kappa shape index (κ2) is 11.6. The predicted octanol–water partition coefficient (Wildman–Crippen LogP) is 9.34. The lowest BCUT2D eigenvalue weighted by Crippen LogP contribution is -2.47. The van der Waals surface area contributed by atoms with E-state index >= 15 is 0 Å². The second-order valence-electron chi connectivity index (χ2n) is 12.7. The molecule has 2 aliphatic rings. The first-order valence-electron chi connectivity index (χ1n) is 16.5. The van der Waals surface area contributed by atoms with Gasteiger partial charge in [-0.25, -0.2) is 9.59 Å². The molecule has 1 heterocycles. The maximum Gasteiger partial charge on any atom is 0.424 e. The van der Waals surface area contributed by atoms with Gasteiger partial charge in [0.25, 0.3) is 11.8 Å². The number of imide groups is 2. The van der Waals surface area contributed by atoms with E-state index < -0.39 is 24.4 Å². The Morgan fingerprint density at radius 2 is 1.20 bits per heavy atom. The Balaban J connectivity index is 1.44. The summed E-state index contributed by atoms with van der Waals surface area (Å²) in [7, 11) is 0. The van der Waals surface area contributed by atoms with Gasteiger partial charge in [-0.1, -0.05) is 69.5 Å². The molecule has 0 spiro atoms. The molecular weight excluding hydrogens is 580 g/mol. The fraction of sp³-hybridized carbons (Fsp3) is 0.368. The van der Waals surface area contributed by atoms with Crippen molar-refractivity contribution in [3.05, 3.63) is 65.7 Å². The van der Waals surface area contributed by atoms with Crippen molar-refractivity contribution in [3.63, 3.8) is 0 Å². The summed E-state index contributed by atoms with van der Waals surface area (Å²) in [5, 5.41) is 6.70. The van der Waals surface area contributed by atoms with E-state index in [1.807, 2.05) is 62.4 Å². The highest BCUT2D eigenvalue weighted by Gasteiger charge is 2.39. The molecule has 5 aromatic carbocycles. The van der Waals surface area contributed by atoms with E-state index in [1.54, 1.807) is 19.9 Å². The standard InChI is InChI=1S/C38H38N2O6/c1-5-21(3)45-37(43)40(38(44)46-22(4)6-2)31-20-19-25-27-16-18-30-34-29(35(41)39(36(30)42)23-11-8-7-9-12-23)17-15-26(33(27)34)24-13-10-14-28(31)32(24)25/h10,13-23H,5-9,11-12H2,1-4H3. The molecule has 1 aliphatic carbocycles. The van der Waals surface area contributed by atoms with Crippen molar-refractivity contribution in [1.82, 2.24) is 4.90 Å². The number of anilines is 1. The number of nitrogens with zero attached hydrogens (tertiary/aromatic N) is 2. The van der Waals surface area contributed by atoms with Crippen molar-refractivity contribution >= 4 is 72.8 Å². The normalized spacial score (nSPS) is 16.8. The van der Waals surface area contributed by atoms with Crippen LogP contribution < -0.4 is 4.90 Å². The predicted molar refractivity (Wildman–Crippen MR) is 180 cm³/mol. The Morgan fingerprint density at radius 1 is 0.696 bits per heavy atom. The van der Waals surface area contributed by atoms with Crippen LogP contribution >= 0.6 is 0 Å². The van der Waals surface area contributed by atoms with Crippen LogP contribution in [0, 0.1) is 0 Å². The summed E-state index contributed by atoms with van der Waals surface area (Å²) < 4.78 is 11.3. The summed E-state index contributed by atoms with van der Waals surface area (Å²) in [5.74, 6) is -0.439. The van der Waals surface area contributed by atoms with Gasteiger partial charge in [0.05, 0.1) is 5.69 Å². The van der Waals surface area contributed by atoms with E-state index in [1.165, 1.54) is 4.90 Å². The number of ether oxygens (including phenoxy) is 2. The number of hydrogen-bond acceptors (Lipinski definition) is 6. The van der Waals surface area contributed by atoms with E-state index in [0.717, 1.165) is 69.3 Å². The average molecular weight is 619 g/mol. The summed E-state index contributed by atoms with van der Waals surface area (Å²) in [6.07, 6.45) is 3.68. The zero-order valence-corrected chi connectivity index (χ0v) is 26.7. The van der Waals surface area contributed by atoms with Gasteiger partial charge in [-0.3, -0.25) is 14.5 Å². The minimum absolute atomic E-state index is 0.0703. The third-order valence-electron chi connectivity index (χ3n) is 9.96. The van der Waals surface area contributed by atoms with Crippen LogP contribution in [0.1, 0.15) is 93.4 Å². The lowest BCUT2D eigenvalue weighted by atomic mass is 9.83. The SMILES string of the molecule is CCC(C)OC(=O)N(C(=O)OC(C)CC)c1ccc2c3ccc4c5c(ccc(c6cccc1c62)c53)C(=O)N(C1CCCCC1)C4=O. The summed E-state index contributed by atoms with van der Waals surface area (Å²) in [5.41, 5.74) is 1.48. The molecule has 7 rings (SSSR count). The van der Waals surface area contributed by atoms with Gasteiger partial charge in [0.1, 0.15) is 12.2 Å². The fourth-order valence-electron chi connectivity index (χ4n) is 7.25. The third-order valence-corrected chi connectivity index (χ3v) is 9.96. The fourth-order valence-corrected chi connectivity index (χ4v) is 7.25.